The quantitative estimate of drug-likeness (QED) is 0.756. The van der Waals surface area contributed by atoms with E-state index in [0.29, 0.717) is 13.1 Å². The highest BCUT2D eigenvalue weighted by molar-refractivity contribution is 6.39. The maximum Gasteiger partial charge on any atom is 0.313 e. The Balaban J connectivity index is 1.64. The lowest BCUT2D eigenvalue weighted by molar-refractivity contribution is -0.143. The van der Waals surface area contributed by atoms with Crippen molar-refractivity contribution >= 4 is 17.5 Å². The van der Waals surface area contributed by atoms with Gasteiger partial charge < -0.3 is 15.5 Å². The standard InChI is InChI=1S/C16H21N3O2/c20-15(16(21)19-9-2-7-17-8-10-19)18-14-6-5-12-3-1-4-13(12)11-14/h5-6,11,17H,1-4,7-10H2,(H,18,20). The molecular weight excluding hydrogens is 266 g/mol. The van der Waals surface area contributed by atoms with Gasteiger partial charge in [0.25, 0.3) is 0 Å². The Morgan fingerprint density at radius 2 is 1.90 bits per heavy atom. The van der Waals surface area contributed by atoms with Crippen molar-refractivity contribution in [3.8, 4) is 0 Å². The lowest BCUT2D eigenvalue weighted by Crippen LogP contribution is -2.41. The fourth-order valence-electron chi connectivity index (χ4n) is 3.03. The van der Waals surface area contributed by atoms with Gasteiger partial charge in [-0.05, 0) is 55.5 Å². The fourth-order valence-corrected chi connectivity index (χ4v) is 3.03. The molecule has 1 saturated heterocycles. The van der Waals surface area contributed by atoms with Gasteiger partial charge >= 0.3 is 11.8 Å². The summed E-state index contributed by atoms with van der Waals surface area (Å²) in [6.07, 6.45) is 4.23. The molecule has 1 fully saturated rings. The second kappa shape index (κ2) is 6.26. The van der Waals surface area contributed by atoms with E-state index in [-0.39, 0.29) is 0 Å². The number of nitrogens with one attached hydrogen (secondary N) is 2. The van der Waals surface area contributed by atoms with Gasteiger partial charge in [-0.15, -0.1) is 0 Å². The lowest BCUT2D eigenvalue weighted by atomic mass is 10.1. The molecule has 0 bridgehead atoms. The van der Waals surface area contributed by atoms with Gasteiger partial charge in [0.05, 0.1) is 0 Å². The number of nitrogens with zero attached hydrogens (tertiary/aromatic N) is 1. The van der Waals surface area contributed by atoms with E-state index in [9.17, 15) is 9.59 Å². The van der Waals surface area contributed by atoms with Crippen LogP contribution in [0.2, 0.25) is 0 Å². The predicted molar refractivity (Wildman–Crippen MR) is 81.2 cm³/mol. The number of benzene rings is 1. The molecule has 5 heteroatoms. The van der Waals surface area contributed by atoms with E-state index >= 15 is 0 Å². The highest BCUT2D eigenvalue weighted by Crippen LogP contribution is 2.24. The van der Waals surface area contributed by atoms with Crippen molar-refractivity contribution in [2.24, 2.45) is 0 Å². The average molecular weight is 287 g/mol. The third kappa shape index (κ3) is 3.24. The molecule has 5 nitrogen and oxygen atoms in total. The number of aryl methyl sites for hydroxylation is 2. The monoisotopic (exact) mass is 287 g/mol. The molecule has 2 amide bonds. The summed E-state index contributed by atoms with van der Waals surface area (Å²) < 4.78 is 0. The zero-order valence-corrected chi connectivity index (χ0v) is 12.2. The first kappa shape index (κ1) is 14.1. The fraction of sp³-hybridized carbons (Fsp3) is 0.500. The Hall–Kier alpha value is -1.88. The molecule has 1 aromatic carbocycles. The van der Waals surface area contributed by atoms with E-state index < -0.39 is 11.8 Å². The van der Waals surface area contributed by atoms with Crippen LogP contribution in [0.15, 0.2) is 18.2 Å². The van der Waals surface area contributed by atoms with Gasteiger partial charge in [-0.25, -0.2) is 0 Å². The molecule has 0 aromatic heterocycles. The van der Waals surface area contributed by atoms with Gasteiger partial charge in [0.2, 0.25) is 0 Å². The highest BCUT2D eigenvalue weighted by atomic mass is 16.2. The van der Waals surface area contributed by atoms with Crippen LogP contribution in [0, 0.1) is 0 Å². The largest absolute Gasteiger partial charge is 0.333 e. The molecule has 0 saturated carbocycles. The summed E-state index contributed by atoms with van der Waals surface area (Å²) in [5.74, 6) is -0.964. The topological polar surface area (TPSA) is 61.4 Å². The number of rotatable bonds is 1. The lowest BCUT2D eigenvalue weighted by Gasteiger charge is -2.19. The highest BCUT2D eigenvalue weighted by Gasteiger charge is 2.23. The zero-order valence-electron chi connectivity index (χ0n) is 12.2. The molecule has 3 rings (SSSR count). The van der Waals surface area contributed by atoms with E-state index in [1.165, 1.54) is 17.5 Å². The summed E-state index contributed by atoms with van der Waals surface area (Å²) in [6.45, 7) is 2.88. The summed E-state index contributed by atoms with van der Waals surface area (Å²) in [6, 6.07) is 5.94. The SMILES string of the molecule is O=C(Nc1ccc2c(c1)CCC2)C(=O)N1CCCNCC1. The summed E-state index contributed by atoms with van der Waals surface area (Å²) in [5.41, 5.74) is 3.37. The molecule has 0 atom stereocenters. The molecule has 1 aliphatic heterocycles. The molecule has 1 aliphatic carbocycles. The Bertz CT molecular complexity index is 548. The molecule has 0 unspecified atom stereocenters. The predicted octanol–water partition coefficient (Wildman–Crippen LogP) is 0.936. The van der Waals surface area contributed by atoms with Crippen molar-refractivity contribution in [2.45, 2.75) is 25.7 Å². The number of hydrogen-bond donors (Lipinski definition) is 2. The van der Waals surface area contributed by atoms with Crippen LogP contribution in [0.1, 0.15) is 24.0 Å². The molecule has 0 spiro atoms. The summed E-state index contributed by atoms with van der Waals surface area (Å²) >= 11 is 0. The van der Waals surface area contributed by atoms with E-state index in [1.54, 1.807) is 4.90 Å². The first-order chi connectivity index (χ1) is 10.2. The zero-order chi connectivity index (χ0) is 14.7. The van der Waals surface area contributed by atoms with Gasteiger partial charge in [-0.2, -0.15) is 0 Å². The van der Waals surface area contributed by atoms with Crippen molar-refractivity contribution in [2.75, 3.05) is 31.5 Å². The summed E-state index contributed by atoms with van der Waals surface area (Å²) in [5, 5.41) is 5.96. The van der Waals surface area contributed by atoms with E-state index in [4.69, 9.17) is 0 Å². The van der Waals surface area contributed by atoms with Crippen LogP contribution in [-0.4, -0.2) is 42.9 Å². The normalized spacial score (nSPS) is 18.0. The maximum absolute atomic E-state index is 12.2. The van der Waals surface area contributed by atoms with E-state index in [0.717, 1.165) is 38.0 Å². The van der Waals surface area contributed by atoms with Crippen molar-refractivity contribution in [1.29, 1.82) is 0 Å². The van der Waals surface area contributed by atoms with Crippen LogP contribution in [-0.2, 0) is 22.4 Å². The Kier molecular flexibility index (Phi) is 4.20. The first-order valence-corrected chi connectivity index (χ1v) is 7.67. The van der Waals surface area contributed by atoms with Crippen molar-refractivity contribution in [3.63, 3.8) is 0 Å². The number of fused-ring (bicyclic) bond motifs is 1. The summed E-state index contributed by atoms with van der Waals surface area (Å²) in [7, 11) is 0. The van der Waals surface area contributed by atoms with Crippen molar-refractivity contribution in [3.05, 3.63) is 29.3 Å². The number of anilines is 1. The van der Waals surface area contributed by atoms with Crippen molar-refractivity contribution < 1.29 is 9.59 Å². The van der Waals surface area contributed by atoms with Gasteiger partial charge in [0.1, 0.15) is 0 Å². The van der Waals surface area contributed by atoms with E-state index in [2.05, 4.69) is 16.7 Å². The number of amides is 2. The van der Waals surface area contributed by atoms with Gasteiger partial charge in [0, 0.05) is 25.3 Å². The third-order valence-electron chi connectivity index (χ3n) is 4.18. The van der Waals surface area contributed by atoms with Gasteiger partial charge in [-0.3, -0.25) is 9.59 Å². The molecule has 112 valence electrons. The molecular formula is C16H21N3O2. The second-order valence-corrected chi connectivity index (χ2v) is 5.69. The molecule has 2 N–H and O–H groups in total. The van der Waals surface area contributed by atoms with Gasteiger partial charge in [0.15, 0.2) is 0 Å². The Morgan fingerprint density at radius 1 is 1.05 bits per heavy atom. The Labute approximate surface area is 124 Å². The number of carbonyl (C=O) groups excluding carboxylic acids is 2. The molecule has 1 aromatic rings. The third-order valence-corrected chi connectivity index (χ3v) is 4.18. The van der Waals surface area contributed by atoms with Crippen LogP contribution in [0.3, 0.4) is 0 Å². The molecule has 1 heterocycles. The number of hydrogen-bond acceptors (Lipinski definition) is 3. The first-order valence-electron chi connectivity index (χ1n) is 7.67. The van der Waals surface area contributed by atoms with Crippen molar-refractivity contribution in [1.82, 2.24) is 10.2 Å². The molecule has 0 radical (unpaired) electrons. The minimum atomic E-state index is -0.533. The maximum atomic E-state index is 12.2. The minimum Gasteiger partial charge on any atom is -0.333 e. The van der Waals surface area contributed by atoms with Gasteiger partial charge in [-0.1, -0.05) is 6.07 Å². The van der Waals surface area contributed by atoms with Crippen LogP contribution in [0.5, 0.6) is 0 Å². The summed E-state index contributed by atoms with van der Waals surface area (Å²) in [4.78, 5) is 25.9. The van der Waals surface area contributed by atoms with Crippen LogP contribution >= 0.6 is 0 Å². The smallest absolute Gasteiger partial charge is 0.313 e. The van der Waals surface area contributed by atoms with E-state index in [1.807, 2.05) is 12.1 Å². The van der Waals surface area contributed by atoms with Crippen LogP contribution < -0.4 is 10.6 Å². The number of carbonyl (C=O) groups is 2. The van der Waals surface area contributed by atoms with Crippen LogP contribution in [0.25, 0.3) is 0 Å². The molecule has 2 aliphatic rings. The average Bonchev–Trinajstić information content (AvgIpc) is 2.78. The Morgan fingerprint density at radius 3 is 2.81 bits per heavy atom. The second-order valence-electron chi connectivity index (χ2n) is 5.69. The minimum absolute atomic E-state index is 0.431. The van der Waals surface area contributed by atoms with Crippen LogP contribution in [0.4, 0.5) is 5.69 Å². The molecule has 21 heavy (non-hydrogen) atoms.